The number of hydrogen-bond acceptors (Lipinski definition) is 6. The monoisotopic (exact) mass is 411 g/mol. The van der Waals surface area contributed by atoms with Gasteiger partial charge in [-0.3, -0.25) is 4.79 Å². The second kappa shape index (κ2) is 8.83. The summed E-state index contributed by atoms with van der Waals surface area (Å²) >= 11 is 0. The van der Waals surface area contributed by atoms with Crippen molar-refractivity contribution >= 4 is 21.4 Å². The molecule has 3 rings (SSSR count). The summed E-state index contributed by atoms with van der Waals surface area (Å²) in [5, 5.41) is 10.6. The Bertz CT molecular complexity index is 1080. The number of sulfone groups is 1. The first-order valence-electron chi connectivity index (χ1n) is 9.14. The maximum absolute atomic E-state index is 12.4. The molecule has 1 N–H and O–H groups in total. The highest BCUT2D eigenvalue weighted by molar-refractivity contribution is 7.91. The van der Waals surface area contributed by atoms with E-state index in [4.69, 9.17) is 4.74 Å². The van der Waals surface area contributed by atoms with E-state index in [0.29, 0.717) is 29.3 Å². The molecule has 0 aliphatic rings. The highest BCUT2D eigenvalue weighted by Gasteiger charge is 2.14. The summed E-state index contributed by atoms with van der Waals surface area (Å²) in [6, 6.07) is 17.0. The number of hydrogen-bond donors (Lipinski definition) is 1. The number of ether oxygens (including phenoxy) is 1. The molecule has 7 nitrogen and oxygen atoms in total. The minimum atomic E-state index is -3.38. The van der Waals surface area contributed by atoms with Gasteiger partial charge in [-0.1, -0.05) is 19.1 Å². The molecule has 150 valence electrons. The van der Waals surface area contributed by atoms with Crippen molar-refractivity contribution in [1.82, 2.24) is 10.2 Å². The Kier molecular flexibility index (Phi) is 6.23. The SMILES string of the molecule is CCOc1ccc(C(=O)Nc2ccc(-c3ccc(S(=O)(=O)CC)nn3)cc2)cc1. The van der Waals surface area contributed by atoms with E-state index in [1.54, 1.807) is 61.5 Å². The Hall–Kier alpha value is -3.26. The standard InChI is InChI=1S/C21H21N3O4S/c1-3-28-18-11-7-16(8-12-18)21(25)22-17-9-5-15(6-10-17)19-13-14-20(24-23-19)29(26,27)4-2/h5-14H,3-4H2,1-2H3,(H,22,25). The van der Waals surface area contributed by atoms with Crippen LogP contribution in [0.25, 0.3) is 11.3 Å². The fourth-order valence-corrected chi connectivity index (χ4v) is 3.32. The molecule has 0 spiro atoms. The third kappa shape index (κ3) is 4.97. The van der Waals surface area contributed by atoms with Gasteiger partial charge < -0.3 is 10.1 Å². The van der Waals surface area contributed by atoms with Crippen molar-refractivity contribution in [3.63, 3.8) is 0 Å². The van der Waals surface area contributed by atoms with Crippen LogP contribution in [-0.4, -0.2) is 36.9 Å². The molecule has 3 aromatic rings. The summed E-state index contributed by atoms with van der Waals surface area (Å²) < 4.78 is 29.0. The molecule has 0 saturated heterocycles. The van der Waals surface area contributed by atoms with Crippen LogP contribution in [0.4, 0.5) is 5.69 Å². The Balaban J connectivity index is 1.69. The predicted octanol–water partition coefficient (Wildman–Crippen LogP) is 3.59. The zero-order chi connectivity index (χ0) is 20.9. The lowest BCUT2D eigenvalue weighted by Gasteiger charge is -2.08. The average molecular weight is 411 g/mol. The van der Waals surface area contributed by atoms with E-state index in [9.17, 15) is 13.2 Å². The van der Waals surface area contributed by atoms with Crippen molar-refractivity contribution < 1.29 is 17.9 Å². The molecule has 8 heteroatoms. The third-order valence-electron chi connectivity index (χ3n) is 4.20. The van der Waals surface area contributed by atoms with Crippen LogP contribution in [0.2, 0.25) is 0 Å². The van der Waals surface area contributed by atoms with Crippen molar-refractivity contribution in [2.45, 2.75) is 18.9 Å². The number of anilines is 1. The maximum Gasteiger partial charge on any atom is 0.255 e. The molecule has 2 aromatic carbocycles. The number of benzene rings is 2. The second-order valence-corrected chi connectivity index (χ2v) is 8.37. The number of amides is 1. The van der Waals surface area contributed by atoms with E-state index in [1.807, 2.05) is 6.92 Å². The second-order valence-electron chi connectivity index (χ2n) is 6.15. The number of carbonyl (C=O) groups is 1. The first-order valence-corrected chi connectivity index (χ1v) is 10.8. The molecular formula is C21H21N3O4S. The van der Waals surface area contributed by atoms with Crippen LogP contribution in [0.15, 0.2) is 65.7 Å². The van der Waals surface area contributed by atoms with Gasteiger partial charge in [0.15, 0.2) is 14.9 Å². The predicted molar refractivity (Wildman–Crippen MR) is 111 cm³/mol. The molecule has 0 bridgehead atoms. The Morgan fingerprint density at radius 2 is 1.62 bits per heavy atom. The first kappa shape index (κ1) is 20.5. The smallest absolute Gasteiger partial charge is 0.255 e. The van der Waals surface area contributed by atoms with Crippen molar-refractivity contribution in [3.8, 4) is 17.0 Å². The highest BCUT2D eigenvalue weighted by atomic mass is 32.2. The van der Waals surface area contributed by atoms with Gasteiger partial charge in [0.1, 0.15) is 5.75 Å². The van der Waals surface area contributed by atoms with Gasteiger partial charge in [-0.05, 0) is 55.5 Å². The molecule has 1 heterocycles. The normalized spacial score (nSPS) is 11.1. The fraction of sp³-hybridized carbons (Fsp3) is 0.190. The third-order valence-corrected chi connectivity index (χ3v) is 5.82. The lowest BCUT2D eigenvalue weighted by molar-refractivity contribution is 0.102. The van der Waals surface area contributed by atoms with Crippen molar-refractivity contribution in [1.29, 1.82) is 0 Å². The fourth-order valence-electron chi connectivity index (χ4n) is 2.58. The zero-order valence-corrected chi connectivity index (χ0v) is 16.9. The molecule has 29 heavy (non-hydrogen) atoms. The van der Waals surface area contributed by atoms with E-state index in [2.05, 4.69) is 15.5 Å². The molecule has 0 aliphatic carbocycles. The molecular weight excluding hydrogens is 390 g/mol. The molecule has 0 unspecified atom stereocenters. The number of aromatic nitrogens is 2. The summed E-state index contributed by atoms with van der Waals surface area (Å²) in [6.45, 7) is 4.03. The van der Waals surface area contributed by atoms with Crippen LogP contribution in [0, 0.1) is 0 Å². The average Bonchev–Trinajstić information content (AvgIpc) is 2.75. The molecule has 0 atom stereocenters. The minimum absolute atomic E-state index is 0.0240. The van der Waals surface area contributed by atoms with Gasteiger partial charge in [0.25, 0.3) is 5.91 Å². The molecule has 1 amide bonds. The molecule has 1 aromatic heterocycles. The highest BCUT2D eigenvalue weighted by Crippen LogP contribution is 2.21. The van der Waals surface area contributed by atoms with Crippen LogP contribution in [0.5, 0.6) is 5.75 Å². The van der Waals surface area contributed by atoms with Crippen LogP contribution in [0.1, 0.15) is 24.2 Å². The molecule has 0 fully saturated rings. The Morgan fingerprint density at radius 3 is 2.17 bits per heavy atom. The maximum atomic E-state index is 12.4. The summed E-state index contributed by atoms with van der Waals surface area (Å²) in [5.41, 5.74) is 2.46. The van der Waals surface area contributed by atoms with E-state index in [0.717, 1.165) is 5.56 Å². The topological polar surface area (TPSA) is 98.2 Å². The van der Waals surface area contributed by atoms with Crippen LogP contribution in [0.3, 0.4) is 0 Å². The number of nitrogens with one attached hydrogen (secondary N) is 1. The van der Waals surface area contributed by atoms with E-state index < -0.39 is 9.84 Å². The van der Waals surface area contributed by atoms with Gasteiger partial charge in [-0.25, -0.2) is 8.42 Å². The van der Waals surface area contributed by atoms with Gasteiger partial charge in [0.2, 0.25) is 0 Å². The van der Waals surface area contributed by atoms with Crippen molar-refractivity contribution in [2.24, 2.45) is 0 Å². The molecule has 0 aliphatic heterocycles. The van der Waals surface area contributed by atoms with E-state index >= 15 is 0 Å². The Labute approximate surface area is 169 Å². The zero-order valence-electron chi connectivity index (χ0n) is 16.1. The molecule has 0 radical (unpaired) electrons. The lowest BCUT2D eigenvalue weighted by atomic mass is 10.1. The van der Waals surface area contributed by atoms with Crippen LogP contribution >= 0.6 is 0 Å². The number of nitrogens with zero attached hydrogens (tertiary/aromatic N) is 2. The van der Waals surface area contributed by atoms with Crippen molar-refractivity contribution in [3.05, 3.63) is 66.2 Å². The van der Waals surface area contributed by atoms with Gasteiger partial charge in [0.05, 0.1) is 18.1 Å². The summed E-state index contributed by atoms with van der Waals surface area (Å²) in [5.74, 6) is 0.464. The van der Waals surface area contributed by atoms with Gasteiger partial charge in [-0.15, -0.1) is 10.2 Å². The Morgan fingerprint density at radius 1 is 0.931 bits per heavy atom. The van der Waals surface area contributed by atoms with E-state index in [-0.39, 0.29) is 16.7 Å². The van der Waals surface area contributed by atoms with Crippen LogP contribution < -0.4 is 10.1 Å². The summed E-state index contributed by atoms with van der Waals surface area (Å²) in [6.07, 6.45) is 0. The minimum Gasteiger partial charge on any atom is -0.494 e. The van der Waals surface area contributed by atoms with Gasteiger partial charge in [-0.2, -0.15) is 0 Å². The van der Waals surface area contributed by atoms with Crippen molar-refractivity contribution in [2.75, 3.05) is 17.7 Å². The van der Waals surface area contributed by atoms with E-state index in [1.165, 1.54) is 6.07 Å². The summed E-state index contributed by atoms with van der Waals surface area (Å²) in [7, 11) is -3.38. The first-order chi connectivity index (χ1) is 13.9. The quantitative estimate of drug-likeness (QED) is 0.638. The van der Waals surface area contributed by atoms with Gasteiger partial charge in [0, 0.05) is 16.8 Å². The van der Waals surface area contributed by atoms with Gasteiger partial charge >= 0.3 is 0 Å². The summed E-state index contributed by atoms with van der Waals surface area (Å²) in [4.78, 5) is 12.4. The van der Waals surface area contributed by atoms with Crippen LogP contribution in [-0.2, 0) is 9.84 Å². The largest absolute Gasteiger partial charge is 0.494 e. The number of carbonyl (C=O) groups excluding carboxylic acids is 1. The molecule has 0 saturated carbocycles. The lowest BCUT2D eigenvalue weighted by Crippen LogP contribution is -2.11. The number of rotatable bonds is 7.